The summed E-state index contributed by atoms with van der Waals surface area (Å²) in [6.07, 6.45) is 3.59. The van der Waals surface area contributed by atoms with Crippen molar-refractivity contribution in [3.05, 3.63) is 35.4 Å². The van der Waals surface area contributed by atoms with E-state index in [0.29, 0.717) is 12.0 Å². The van der Waals surface area contributed by atoms with E-state index in [0.717, 1.165) is 25.3 Å². The summed E-state index contributed by atoms with van der Waals surface area (Å²) in [5.74, 6) is -1.05. The van der Waals surface area contributed by atoms with E-state index in [-0.39, 0.29) is 5.54 Å². The fraction of sp³-hybridized carbons (Fsp3) is 0.455. The van der Waals surface area contributed by atoms with Crippen molar-refractivity contribution in [3.63, 3.8) is 0 Å². The third kappa shape index (κ3) is 1.93. The molecule has 0 amide bonds. The van der Waals surface area contributed by atoms with Gasteiger partial charge in [0.25, 0.3) is 0 Å². The van der Waals surface area contributed by atoms with Crippen LogP contribution in [0, 0.1) is 11.6 Å². The molecule has 1 saturated carbocycles. The standard InChI is InChI=1S/C11H13F2N/c12-9-4-8(5-10(13)6-9)7-11(14)2-1-3-11/h4-6H,1-3,7,14H2. The Labute approximate surface area is 81.9 Å². The fourth-order valence-corrected chi connectivity index (χ4v) is 1.93. The topological polar surface area (TPSA) is 26.0 Å². The third-order valence-electron chi connectivity index (χ3n) is 2.83. The van der Waals surface area contributed by atoms with Crippen molar-refractivity contribution in [3.8, 4) is 0 Å². The first-order chi connectivity index (χ1) is 6.57. The van der Waals surface area contributed by atoms with Gasteiger partial charge >= 0.3 is 0 Å². The average molecular weight is 197 g/mol. The lowest BCUT2D eigenvalue weighted by Crippen LogP contribution is -2.48. The van der Waals surface area contributed by atoms with E-state index >= 15 is 0 Å². The van der Waals surface area contributed by atoms with Gasteiger partial charge in [0.05, 0.1) is 0 Å². The van der Waals surface area contributed by atoms with Gasteiger partial charge in [0.2, 0.25) is 0 Å². The third-order valence-corrected chi connectivity index (χ3v) is 2.83. The van der Waals surface area contributed by atoms with Gasteiger partial charge in [-0.2, -0.15) is 0 Å². The number of benzene rings is 1. The number of hydrogen-bond donors (Lipinski definition) is 1. The van der Waals surface area contributed by atoms with Gasteiger partial charge in [-0.05, 0) is 43.4 Å². The number of halogens is 2. The summed E-state index contributed by atoms with van der Waals surface area (Å²) in [6.45, 7) is 0. The van der Waals surface area contributed by atoms with Gasteiger partial charge in [-0.15, -0.1) is 0 Å². The van der Waals surface area contributed by atoms with Gasteiger partial charge in [0, 0.05) is 11.6 Å². The summed E-state index contributed by atoms with van der Waals surface area (Å²) < 4.78 is 25.7. The van der Waals surface area contributed by atoms with Crippen LogP contribution in [0.4, 0.5) is 8.78 Å². The monoisotopic (exact) mass is 197 g/mol. The summed E-state index contributed by atoms with van der Waals surface area (Å²) in [6, 6.07) is 3.60. The van der Waals surface area contributed by atoms with Crippen LogP contribution in [0.5, 0.6) is 0 Å². The molecular weight excluding hydrogens is 184 g/mol. The second-order valence-electron chi connectivity index (χ2n) is 4.17. The highest BCUT2D eigenvalue weighted by atomic mass is 19.1. The lowest BCUT2D eigenvalue weighted by Gasteiger charge is -2.38. The number of hydrogen-bond acceptors (Lipinski definition) is 1. The molecule has 1 nitrogen and oxygen atoms in total. The van der Waals surface area contributed by atoms with E-state index in [1.165, 1.54) is 12.1 Å². The first-order valence-electron chi connectivity index (χ1n) is 4.81. The van der Waals surface area contributed by atoms with Gasteiger partial charge < -0.3 is 5.73 Å². The fourth-order valence-electron chi connectivity index (χ4n) is 1.93. The molecule has 0 atom stereocenters. The van der Waals surface area contributed by atoms with Crippen molar-refractivity contribution in [1.29, 1.82) is 0 Å². The van der Waals surface area contributed by atoms with Crippen molar-refractivity contribution in [2.75, 3.05) is 0 Å². The van der Waals surface area contributed by atoms with Crippen LogP contribution in [0.3, 0.4) is 0 Å². The van der Waals surface area contributed by atoms with Gasteiger partial charge in [0.1, 0.15) is 11.6 Å². The first kappa shape index (κ1) is 9.59. The second kappa shape index (κ2) is 3.31. The summed E-state index contributed by atoms with van der Waals surface area (Å²) in [5.41, 5.74) is 6.43. The Morgan fingerprint density at radius 3 is 2.14 bits per heavy atom. The Hall–Kier alpha value is -0.960. The molecule has 0 aliphatic heterocycles. The van der Waals surface area contributed by atoms with E-state index in [1.807, 2.05) is 0 Å². The Morgan fingerprint density at radius 1 is 1.14 bits per heavy atom. The normalized spacial score (nSPS) is 19.1. The van der Waals surface area contributed by atoms with E-state index < -0.39 is 11.6 Å². The van der Waals surface area contributed by atoms with Crippen LogP contribution in [-0.4, -0.2) is 5.54 Å². The predicted molar refractivity (Wildman–Crippen MR) is 50.8 cm³/mol. The van der Waals surface area contributed by atoms with Crippen molar-refractivity contribution >= 4 is 0 Å². The minimum atomic E-state index is -0.525. The summed E-state index contributed by atoms with van der Waals surface area (Å²) >= 11 is 0. The van der Waals surface area contributed by atoms with Crippen LogP contribution in [0.25, 0.3) is 0 Å². The van der Waals surface area contributed by atoms with Crippen molar-refractivity contribution in [1.82, 2.24) is 0 Å². The molecule has 0 spiro atoms. The zero-order valence-corrected chi connectivity index (χ0v) is 7.89. The Balaban J connectivity index is 2.16. The Bertz CT molecular complexity index is 325. The zero-order valence-electron chi connectivity index (χ0n) is 7.89. The van der Waals surface area contributed by atoms with E-state index in [9.17, 15) is 8.78 Å². The molecule has 0 aromatic heterocycles. The highest BCUT2D eigenvalue weighted by Gasteiger charge is 2.32. The lowest BCUT2D eigenvalue weighted by atomic mass is 9.74. The molecule has 3 heteroatoms. The predicted octanol–water partition coefficient (Wildman–Crippen LogP) is 2.39. The molecule has 0 radical (unpaired) electrons. The van der Waals surface area contributed by atoms with Gasteiger partial charge in [-0.3, -0.25) is 0 Å². The molecule has 1 aromatic rings. The molecule has 0 bridgehead atoms. The molecule has 14 heavy (non-hydrogen) atoms. The average Bonchev–Trinajstić information content (AvgIpc) is 1.99. The smallest absolute Gasteiger partial charge is 0.126 e. The molecule has 76 valence electrons. The maximum Gasteiger partial charge on any atom is 0.126 e. The van der Waals surface area contributed by atoms with Crippen molar-refractivity contribution < 1.29 is 8.78 Å². The van der Waals surface area contributed by atoms with E-state index in [4.69, 9.17) is 5.73 Å². The first-order valence-corrected chi connectivity index (χ1v) is 4.81. The molecule has 1 aromatic carbocycles. The number of nitrogens with two attached hydrogens (primary N) is 1. The van der Waals surface area contributed by atoms with Gasteiger partial charge in [-0.25, -0.2) is 8.78 Å². The summed E-state index contributed by atoms with van der Waals surface area (Å²) in [5, 5.41) is 0. The molecule has 0 heterocycles. The maximum atomic E-state index is 12.8. The SMILES string of the molecule is NC1(Cc2cc(F)cc(F)c2)CCC1. The van der Waals surface area contributed by atoms with Crippen molar-refractivity contribution in [2.24, 2.45) is 5.73 Å². The van der Waals surface area contributed by atoms with Crippen LogP contribution < -0.4 is 5.73 Å². The Kier molecular flexibility index (Phi) is 2.27. The largest absolute Gasteiger partial charge is 0.325 e. The molecule has 1 aliphatic carbocycles. The molecule has 0 unspecified atom stereocenters. The number of rotatable bonds is 2. The zero-order chi connectivity index (χ0) is 10.2. The molecule has 1 aliphatic rings. The quantitative estimate of drug-likeness (QED) is 0.774. The van der Waals surface area contributed by atoms with E-state index in [2.05, 4.69) is 0 Å². The maximum absolute atomic E-state index is 12.8. The molecule has 2 rings (SSSR count). The molecule has 2 N–H and O–H groups in total. The highest BCUT2D eigenvalue weighted by molar-refractivity contribution is 5.21. The van der Waals surface area contributed by atoms with Gasteiger partial charge in [-0.1, -0.05) is 0 Å². The molecule has 0 saturated heterocycles. The highest BCUT2D eigenvalue weighted by Crippen LogP contribution is 2.32. The van der Waals surface area contributed by atoms with Crippen LogP contribution in [0.1, 0.15) is 24.8 Å². The summed E-state index contributed by atoms with van der Waals surface area (Å²) in [7, 11) is 0. The van der Waals surface area contributed by atoms with Crippen LogP contribution in [-0.2, 0) is 6.42 Å². The second-order valence-corrected chi connectivity index (χ2v) is 4.17. The Morgan fingerprint density at radius 2 is 1.71 bits per heavy atom. The lowest BCUT2D eigenvalue weighted by molar-refractivity contribution is 0.247. The molecular formula is C11H13F2N. The van der Waals surface area contributed by atoms with E-state index in [1.54, 1.807) is 0 Å². The van der Waals surface area contributed by atoms with Crippen molar-refractivity contribution in [2.45, 2.75) is 31.2 Å². The summed E-state index contributed by atoms with van der Waals surface area (Å²) in [4.78, 5) is 0. The van der Waals surface area contributed by atoms with Crippen LogP contribution in [0.2, 0.25) is 0 Å². The van der Waals surface area contributed by atoms with Gasteiger partial charge in [0.15, 0.2) is 0 Å². The van der Waals surface area contributed by atoms with Crippen LogP contribution >= 0.6 is 0 Å². The van der Waals surface area contributed by atoms with Crippen LogP contribution in [0.15, 0.2) is 18.2 Å². The molecule has 1 fully saturated rings. The minimum Gasteiger partial charge on any atom is -0.325 e. The minimum absolute atomic E-state index is 0.222.